The highest BCUT2D eigenvalue weighted by atomic mass is 16.5. The molecule has 0 saturated heterocycles. The third-order valence-corrected chi connectivity index (χ3v) is 2.82. The summed E-state index contributed by atoms with van der Waals surface area (Å²) in [5.41, 5.74) is 1.72. The molecule has 7 heteroatoms. The number of carbonyl (C=O) groups excluding carboxylic acids is 1. The van der Waals surface area contributed by atoms with Gasteiger partial charge in [-0.3, -0.25) is 0 Å². The fourth-order valence-electron chi connectivity index (χ4n) is 1.70. The van der Waals surface area contributed by atoms with Crippen LogP contribution in [0.2, 0.25) is 0 Å². The van der Waals surface area contributed by atoms with Crippen molar-refractivity contribution < 1.29 is 9.32 Å². The maximum Gasteiger partial charge on any atom is 0.315 e. The van der Waals surface area contributed by atoms with Gasteiger partial charge in [0, 0.05) is 37.6 Å². The predicted molar refractivity (Wildman–Crippen MR) is 68.4 cm³/mol. The number of nitrogens with zero attached hydrogens (tertiary/aromatic N) is 3. The molecule has 0 saturated carbocycles. The van der Waals surface area contributed by atoms with Gasteiger partial charge in [0.2, 0.25) is 0 Å². The summed E-state index contributed by atoms with van der Waals surface area (Å²) in [5, 5.41) is 9.38. The van der Waals surface area contributed by atoms with Gasteiger partial charge in [0.1, 0.15) is 5.76 Å². The number of aryl methyl sites for hydroxylation is 2. The van der Waals surface area contributed by atoms with Crippen molar-refractivity contribution in [2.24, 2.45) is 0 Å². The molecule has 0 fully saturated rings. The average Bonchev–Trinajstić information content (AvgIpc) is 2.99. The second kappa shape index (κ2) is 6.03. The van der Waals surface area contributed by atoms with E-state index in [0.29, 0.717) is 19.6 Å². The van der Waals surface area contributed by atoms with Crippen LogP contribution in [0, 0.1) is 13.8 Å². The molecule has 0 spiro atoms. The lowest BCUT2D eigenvalue weighted by Crippen LogP contribution is -2.36. The number of nitrogens with one attached hydrogen (secondary N) is 2. The third kappa shape index (κ3) is 3.57. The zero-order valence-electron chi connectivity index (χ0n) is 11.0. The largest absolute Gasteiger partial charge is 0.361 e. The molecule has 0 bridgehead atoms. The van der Waals surface area contributed by atoms with Crippen LogP contribution in [-0.2, 0) is 13.1 Å². The summed E-state index contributed by atoms with van der Waals surface area (Å²) in [4.78, 5) is 15.5. The lowest BCUT2D eigenvalue weighted by molar-refractivity contribution is 0.240. The van der Waals surface area contributed by atoms with Gasteiger partial charge in [-0.1, -0.05) is 5.16 Å². The molecule has 19 heavy (non-hydrogen) atoms. The van der Waals surface area contributed by atoms with Gasteiger partial charge < -0.3 is 19.7 Å². The Hall–Kier alpha value is -2.31. The Kier molecular flexibility index (Phi) is 4.17. The number of urea groups is 1. The van der Waals surface area contributed by atoms with E-state index >= 15 is 0 Å². The van der Waals surface area contributed by atoms with Gasteiger partial charge in [0.25, 0.3) is 0 Å². The van der Waals surface area contributed by atoms with E-state index in [9.17, 15) is 4.79 Å². The van der Waals surface area contributed by atoms with E-state index in [1.54, 1.807) is 12.5 Å². The van der Waals surface area contributed by atoms with Crippen molar-refractivity contribution in [3.8, 4) is 0 Å². The second-order valence-electron chi connectivity index (χ2n) is 4.21. The van der Waals surface area contributed by atoms with Crippen molar-refractivity contribution in [2.45, 2.75) is 26.9 Å². The van der Waals surface area contributed by atoms with Crippen LogP contribution in [0.25, 0.3) is 0 Å². The Labute approximate surface area is 111 Å². The SMILES string of the molecule is Cc1noc(C)c1CNC(=O)NCCn1ccnc1. The number of hydrogen-bond donors (Lipinski definition) is 2. The van der Waals surface area contributed by atoms with E-state index in [4.69, 9.17) is 4.52 Å². The summed E-state index contributed by atoms with van der Waals surface area (Å²) in [5.74, 6) is 0.733. The van der Waals surface area contributed by atoms with Crippen LogP contribution in [0.4, 0.5) is 4.79 Å². The molecule has 2 N–H and O–H groups in total. The maximum absolute atomic E-state index is 11.6. The first-order valence-electron chi connectivity index (χ1n) is 6.06. The topological polar surface area (TPSA) is 85.0 Å². The molecule has 0 unspecified atom stereocenters. The van der Waals surface area contributed by atoms with Crippen molar-refractivity contribution in [1.82, 2.24) is 25.3 Å². The zero-order valence-corrected chi connectivity index (χ0v) is 11.0. The van der Waals surface area contributed by atoms with Gasteiger partial charge in [0.15, 0.2) is 0 Å². The van der Waals surface area contributed by atoms with Gasteiger partial charge in [-0.25, -0.2) is 9.78 Å². The van der Waals surface area contributed by atoms with Crippen LogP contribution in [-0.4, -0.2) is 27.3 Å². The lowest BCUT2D eigenvalue weighted by atomic mass is 10.2. The van der Waals surface area contributed by atoms with Gasteiger partial charge in [-0.05, 0) is 13.8 Å². The molecule has 0 aliphatic heterocycles. The molecule has 0 aromatic carbocycles. The van der Waals surface area contributed by atoms with Crippen LogP contribution in [0.1, 0.15) is 17.0 Å². The number of aromatic nitrogens is 3. The number of imidazole rings is 1. The molecule has 7 nitrogen and oxygen atoms in total. The van der Waals surface area contributed by atoms with Crippen molar-refractivity contribution in [1.29, 1.82) is 0 Å². The number of rotatable bonds is 5. The smallest absolute Gasteiger partial charge is 0.315 e. The summed E-state index contributed by atoms with van der Waals surface area (Å²) in [6, 6.07) is -0.208. The maximum atomic E-state index is 11.6. The predicted octanol–water partition coefficient (Wildman–Crippen LogP) is 0.987. The van der Waals surface area contributed by atoms with E-state index < -0.39 is 0 Å². The molecule has 0 aliphatic carbocycles. The Balaban J connectivity index is 1.70. The van der Waals surface area contributed by atoms with E-state index in [-0.39, 0.29) is 6.03 Å². The highest BCUT2D eigenvalue weighted by Gasteiger charge is 2.09. The Bertz CT molecular complexity index is 513. The summed E-state index contributed by atoms with van der Waals surface area (Å²) in [7, 11) is 0. The Morgan fingerprint density at radius 1 is 1.42 bits per heavy atom. The molecule has 102 valence electrons. The van der Waals surface area contributed by atoms with E-state index in [1.807, 2.05) is 24.6 Å². The molecule has 2 amide bonds. The van der Waals surface area contributed by atoms with Gasteiger partial charge in [-0.15, -0.1) is 0 Å². The lowest BCUT2D eigenvalue weighted by Gasteiger charge is -2.07. The quantitative estimate of drug-likeness (QED) is 0.842. The van der Waals surface area contributed by atoms with Crippen molar-refractivity contribution in [3.05, 3.63) is 35.7 Å². The molecular formula is C12H17N5O2. The molecule has 0 radical (unpaired) electrons. The highest BCUT2D eigenvalue weighted by Crippen LogP contribution is 2.11. The first-order chi connectivity index (χ1) is 9.16. The van der Waals surface area contributed by atoms with Crippen LogP contribution >= 0.6 is 0 Å². The van der Waals surface area contributed by atoms with Gasteiger partial charge in [0.05, 0.1) is 12.0 Å². The third-order valence-electron chi connectivity index (χ3n) is 2.82. The minimum absolute atomic E-state index is 0.208. The Morgan fingerprint density at radius 2 is 2.26 bits per heavy atom. The summed E-state index contributed by atoms with van der Waals surface area (Å²) in [6.45, 7) is 5.33. The fourth-order valence-corrected chi connectivity index (χ4v) is 1.70. The first kappa shape index (κ1) is 13.1. The van der Waals surface area contributed by atoms with Crippen molar-refractivity contribution >= 4 is 6.03 Å². The van der Waals surface area contributed by atoms with Crippen LogP contribution in [0.15, 0.2) is 23.2 Å². The fraction of sp³-hybridized carbons (Fsp3) is 0.417. The summed E-state index contributed by atoms with van der Waals surface area (Å²) < 4.78 is 6.92. The summed E-state index contributed by atoms with van der Waals surface area (Å²) >= 11 is 0. The second-order valence-corrected chi connectivity index (χ2v) is 4.21. The standard InChI is InChI=1S/C12H17N5O2/c1-9-11(10(2)19-16-9)7-15-12(18)14-4-6-17-5-3-13-8-17/h3,5,8H,4,6-7H2,1-2H3,(H2,14,15,18). The zero-order chi connectivity index (χ0) is 13.7. The number of amides is 2. The van der Waals surface area contributed by atoms with Crippen LogP contribution in [0.3, 0.4) is 0 Å². The van der Waals surface area contributed by atoms with Crippen LogP contribution < -0.4 is 10.6 Å². The number of carbonyl (C=O) groups is 1. The van der Waals surface area contributed by atoms with E-state index in [2.05, 4.69) is 20.8 Å². The first-order valence-corrected chi connectivity index (χ1v) is 6.06. The highest BCUT2D eigenvalue weighted by molar-refractivity contribution is 5.73. The molecule has 2 aromatic heterocycles. The molecule has 2 aromatic rings. The van der Waals surface area contributed by atoms with Gasteiger partial charge >= 0.3 is 6.03 Å². The molecular weight excluding hydrogens is 246 g/mol. The minimum Gasteiger partial charge on any atom is -0.361 e. The van der Waals surface area contributed by atoms with Gasteiger partial charge in [-0.2, -0.15) is 0 Å². The normalized spacial score (nSPS) is 10.4. The molecule has 0 atom stereocenters. The Morgan fingerprint density at radius 3 is 2.89 bits per heavy atom. The van der Waals surface area contributed by atoms with E-state index in [1.165, 1.54) is 0 Å². The van der Waals surface area contributed by atoms with Crippen LogP contribution in [0.5, 0.6) is 0 Å². The van der Waals surface area contributed by atoms with Crippen molar-refractivity contribution in [2.75, 3.05) is 6.54 Å². The minimum atomic E-state index is -0.208. The molecule has 0 aliphatic rings. The number of hydrogen-bond acceptors (Lipinski definition) is 4. The monoisotopic (exact) mass is 263 g/mol. The van der Waals surface area contributed by atoms with E-state index in [0.717, 1.165) is 17.0 Å². The molecule has 2 rings (SSSR count). The average molecular weight is 263 g/mol. The molecule has 2 heterocycles. The summed E-state index contributed by atoms with van der Waals surface area (Å²) in [6.07, 6.45) is 5.27. The van der Waals surface area contributed by atoms with Crippen molar-refractivity contribution in [3.63, 3.8) is 0 Å².